The average Bonchev–Trinajstić information content (AvgIpc) is 2.39. The number of hydrogen-bond donors (Lipinski definition) is 1. The summed E-state index contributed by atoms with van der Waals surface area (Å²) < 4.78 is 0. The molecular formula is C11H15ClN4O. The molecule has 1 aromatic heterocycles. The first-order valence-electron chi connectivity index (χ1n) is 5.51. The van der Waals surface area contributed by atoms with Gasteiger partial charge in [0.2, 0.25) is 5.91 Å². The van der Waals surface area contributed by atoms with E-state index in [9.17, 15) is 4.79 Å². The third kappa shape index (κ3) is 2.79. The third-order valence-corrected chi connectivity index (χ3v) is 3.11. The summed E-state index contributed by atoms with van der Waals surface area (Å²) in [4.78, 5) is 19.4. The first-order valence-corrected chi connectivity index (χ1v) is 6.04. The highest BCUT2D eigenvalue weighted by Crippen LogP contribution is 2.16. The number of nitrogens with zero attached hydrogens (tertiary/aromatic N) is 3. The summed E-state index contributed by atoms with van der Waals surface area (Å²) >= 11 is 5.53. The van der Waals surface area contributed by atoms with Gasteiger partial charge in [-0.1, -0.05) is 0 Å². The molecule has 5 nitrogen and oxygen atoms in total. The molecule has 0 saturated carbocycles. The first kappa shape index (κ1) is 12.0. The number of carbonyl (C=O) groups excluding carboxylic acids is 1. The van der Waals surface area contributed by atoms with E-state index in [1.807, 2.05) is 6.07 Å². The molecule has 0 bridgehead atoms. The van der Waals surface area contributed by atoms with Crippen LogP contribution < -0.4 is 10.6 Å². The lowest BCUT2D eigenvalue weighted by atomic mass is 10.2. The van der Waals surface area contributed by atoms with Gasteiger partial charge in [0.15, 0.2) is 0 Å². The number of piperazine rings is 1. The minimum atomic E-state index is 0.00162. The van der Waals surface area contributed by atoms with Gasteiger partial charge in [-0.2, -0.15) is 0 Å². The number of hydrogen-bond acceptors (Lipinski definition) is 4. The zero-order valence-corrected chi connectivity index (χ0v) is 10.2. The number of anilines is 2. The molecule has 1 aromatic rings. The predicted molar refractivity (Wildman–Crippen MR) is 68.2 cm³/mol. The van der Waals surface area contributed by atoms with E-state index >= 15 is 0 Å². The fourth-order valence-electron chi connectivity index (χ4n) is 1.88. The summed E-state index contributed by atoms with van der Waals surface area (Å²) in [6.45, 7) is 3.01. The average molecular weight is 255 g/mol. The topological polar surface area (TPSA) is 62.5 Å². The maximum absolute atomic E-state index is 11.4. The number of amides is 1. The number of aromatic nitrogens is 1. The standard InChI is InChI=1S/C11H15ClN4O/c12-7-11(17)16-5-3-15(4-6-16)9-1-2-10(13)14-8-9/h1-2,8H,3-7H2,(H2,13,14). The molecule has 1 saturated heterocycles. The fraction of sp³-hybridized carbons (Fsp3) is 0.455. The van der Waals surface area contributed by atoms with Crippen LogP contribution >= 0.6 is 11.6 Å². The molecule has 1 aliphatic rings. The van der Waals surface area contributed by atoms with Crippen LogP contribution in [0.15, 0.2) is 18.3 Å². The SMILES string of the molecule is Nc1ccc(N2CCN(C(=O)CCl)CC2)cn1. The second kappa shape index (κ2) is 5.23. The summed E-state index contributed by atoms with van der Waals surface area (Å²) in [5.41, 5.74) is 6.58. The van der Waals surface area contributed by atoms with E-state index in [2.05, 4.69) is 9.88 Å². The molecule has 0 aliphatic carbocycles. The molecule has 1 aliphatic heterocycles. The van der Waals surface area contributed by atoms with Crippen LogP contribution in [-0.4, -0.2) is 47.9 Å². The van der Waals surface area contributed by atoms with Gasteiger partial charge in [-0.05, 0) is 12.1 Å². The maximum Gasteiger partial charge on any atom is 0.237 e. The van der Waals surface area contributed by atoms with Gasteiger partial charge >= 0.3 is 0 Å². The largest absolute Gasteiger partial charge is 0.384 e. The van der Waals surface area contributed by atoms with Gasteiger partial charge in [-0.25, -0.2) is 4.98 Å². The number of rotatable bonds is 2. The Balaban J connectivity index is 1.95. The van der Waals surface area contributed by atoms with E-state index in [1.54, 1.807) is 17.2 Å². The van der Waals surface area contributed by atoms with Crippen LogP contribution in [0.1, 0.15) is 0 Å². The minimum absolute atomic E-state index is 0.00162. The van der Waals surface area contributed by atoms with Crippen molar-refractivity contribution >= 4 is 29.0 Å². The van der Waals surface area contributed by atoms with E-state index < -0.39 is 0 Å². The molecule has 1 fully saturated rings. The molecule has 0 aromatic carbocycles. The smallest absolute Gasteiger partial charge is 0.237 e. The van der Waals surface area contributed by atoms with Crippen LogP contribution in [0.3, 0.4) is 0 Å². The van der Waals surface area contributed by atoms with Gasteiger partial charge in [0.25, 0.3) is 0 Å². The van der Waals surface area contributed by atoms with Crippen LogP contribution in [0, 0.1) is 0 Å². The van der Waals surface area contributed by atoms with Gasteiger partial charge in [-0.15, -0.1) is 11.6 Å². The molecule has 6 heteroatoms. The van der Waals surface area contributed by atoms with E-state index in [1.165, 1.54) is 0 Å². The zero-order chi connectivity index (χ0) is 12.3. The van der Waals surface area contributed by atoms with Crippen molar-refractivity contribution in [1.29, 1.82) is 0 Å². The number of pyridine rings is 1. The molecule has 2 heterocycles. The predicted octanol–water partition coefficient (Wildman–Crippen LogP) is 0.551. The number of carbonyl (C=O) groups is 1. The normalized spacial score (nSPS) is 16.1. The van der Waals surface area contributed by atoms with Crippen molar-refractivity contribution in [3.8, 4) is 0 Å². The lowest BCUT2D eigenvalue weighted by molar-refractivity contribution is -0.128. The lowest BCUT2D eigenvalue weighted by Crippen LogP contribution is -2.49. The third-order valence-electron chi connectivity index (χ3n) is 2.88. The quantitative estimate of drug-likeness (QED) is 0.783. The first-order chi connectivity index (χ1) is 8.20. The monoisotopic (exact) mass is 254 g/mol. The Morgan fingerprint density at radius 2 is 2.06 bits per heavy atom. The Hall–Kier alpha value is -1.49. The number of alkyl halides is 1. The second-order valence-electron chi connectivity index (χ2n) is 3.94. The Labute approximate surface area is 105 Å². The summed E-state index contributed by atoms with van der Waals surface area (Å²) in [6, 6.07) is 3.73. The maximum atomic E-state index is 11.4. The van der Waals surface area contributed by atoms with E-state index in [-0.39, 0.29) is 11.8 Å². The molecular weight excluding hydrogens is 240 g/mol. The Morgan fingerprint density at radius 3 is 2.59 bits per heavy atom. The molecule has 2 rings (SSSR count). The molecule has 0 spiro atoms. The number of halogens is 1. The molecule has 0 atom stereocenters. The van der Waals surface area contributed by atoms with Crippen molar-refractivity contribution in [2.45, 2.75) is 0 Å². The minimum Gasteiger partial charge on any atom is -0.384 e. The van der Waals surface area contributed by atoms with Crippen molar-refractivity contribution in [2.24, 2.45) is 0 Å². The Morgan fingerprint density at radius 1 is 1.35 bits per heavy atom. The summed E-state index contributed by atoms with van der Waals surface area (Å²) in [5.74, 6) is 0.579. The van der Waals surface area contributed by atoms with E-state index in [0.29, 0.717) is 18.9 Å². The molecule has 1 amide bonds. The van der Waals surface area contributed by atoms with Crippen molar-refractivity contribution < 1.29 is 4.79 Å². The Kier molecular flexibility index (Phi) is 3.68. The van der Waals surface area contributed by atoms with Crippen molar-refractivity contribution in [1.82, 2.24) is 9.88 Å². The zero-order valence-electron chi connectivity index (χ0n) is 9.47. The highest BCUT2D eigenvalue weighted by molar-refractivity contribution is 6.27. The van der Waals surface area contributed by atoms with Crippen molar-refractivity contribution in [3.05, 3.63) is 18.3 Å². The fourth-order valence-corrected chi connectivity index (χ4v) is 2.05. The highest BCUT2D eigenvalue weighted by Gasteiger charge is 2.20. The summed E-state index contributed by atoms with van der Waals surface area (Å²) in [5, 5.41) is 0. The lowest BCUT2D eigenvalue weighted by Gasteiger charge is -2.35. The van der Waals surface area contributed by atoms with Gasteiger partial charge < -0.3 is 15.5 Å². The molecule has 2 N–H and O–H groups in total. The van der Waals surface area contributed by atoms with Gasteiger partial charge in [0, 0.05) is 26.2 Å². The van der Waals surface area contributed by atoms with Crippen molar-refractivity contribution in [2.75, 3.05) is 42.7 Å². The van der Waals surface area contributed by atoms with Gasteiger partial charge in [0.05, 0.1) is 11.9 Å². The van der Waals surface area contributed by atoms with E-state index in [0.717, 1.165) is 18.8 Å². The van der Waals surface area contributed by atoms with Crippen LogP contribution in [0.25, 0.3) is 0 Å². The van der Waals surface area contributed by atoms with E-state index in [4.69, 9.17) is 17.3 Å². The molecule has 17 heavy (non-hydrogen) atoms. The van der Waals surface area contributed by atoms with Crippen molar-refractivity contribution in [3.63, 3.8) is 0 Å². The van der Waals surface area contributed by atoms with Gasteiger partial charge in [0.1, 0.15) is 11.7 Å². The Bertz CT molecular complexity index is 387. The highest BCUT2D eigenvalue weighted by atomic mass is 35.5. The summed E-state index contributed by atoms with van der Waals surface area (Å²) in [7, 11) is 0. The van der Waals surface area contributed by atoms with Crippen LogP contribution in [-0.2, 0) is 4.79 Å². The summed E-state index contributed by atoms with van der Waals surface area (Å²) in [6.07, 6.45) is 1.76. The number of nitrogen functional groups attached to an aromatic ring is 1. The van der Waals surface area contributed by atoms with Crippen LogP contribution in [0.5, 0.6) is 0 Å². The number of nitrogens with two attached hydrogens (primary N) is 1. The molecule has 0 unspecified atom stereocenters. The van der Waals surface area contributed by atoms with Crippen LogP contribution in [0.2, 0.25) is 0 Å². The second-order valence-corrected chi connectivity index (χ2v) is 4.21. The van der Waals surface area contributed by atoms with Gasteiger partial charge in [-0.3, -0.25) is 4.79 Å². The molecule has 0 radical (unpaired) electrons. The van der Waals surface area contributed by atoms with Crippen LogP contribution in [0.4, 0.5) is 11.5 Å². The molecule has 92 valence electrons.